The van der Waals surface area contributed by atoms with Gasteiger partial charge in [-0.3, -0.25) is 19.3 Å². The summed E-state index contributed by atoms with van der Waals surface area (Å²) >= 11 is 6.60. The monoisotopic (exact) mass is 527 g/mol. The van der Waals surface area contributed by atoms with Gasteiger partial charge in [0.25, 0.3) is 5.91 Å². The van der Waals surface area contributed by atoms with Crippen LogP contribution in [0.3, 0.4) is 0 Å². The van der Waals surface area contributed by atoms with Crippen molar-refractivity contribution >= 4 is 40.6 Å². The van der Waals surface area contributed by atoms with Gasteiger partial charge in [-0.15, -0.1) is 0 Å². The summed E-state index contributed by atoms with van der Waals surface area (Å²) in [5, 5.41) is 6.47. The fourth-order valence-corrected chi connectivity index (χ4v) is 7.91. The van der Waals surface area contributed by atoms with E-state index in [1.54, 1.807) is 30.3 Å². The molecule has 7 rings (SSSR count). The molecule has 2 amide bonds. The van der Waals surface area contributed by atoms with Crippen LogP contribution in [0.25, 0.3) is 0 Å². The number of carbonyl (C=O) groups excluding carboxylic acids is 3. The number of fused-ring (bicyclic) bond motifs is 7. The number of anilines is 2. The van der Waals surface area contributed by atoms with Gasteiger partial charge in [0.2, 0.25) is 5.91 Å². The Labute approximate surface area is 225 Å². The molecule has 8 heteroatoms. The van der Waals surface area contributed by atoms with E-state index in [9.17, 15) is 14.4 Å². The van der Waals surface area contributed by atoms with Crippen LogP contribution in [-0.4, -0.2) is 41.7 Å². The van der Waals surface area contributed by atoms with Crippen molar-refractivity contribution in [1.82, 2.24) is 4.90 Å². The van der Waals surface area contributed by atoms with E-state index < -0.39 is 16.9 Å². The van der Waals surface area contributed by atoms with E-state index in [-0.39, 0.29) is 23.6 Å². The molecule has 0 saturated carbocycles. The van der Waals surface area contributed by atoms with Gasteiger partial charge in [0.05, 0.1) is 28.8 Å². The molecule has 0 unspecified atom stereocenters. The first-order valence-corrected chi connectivity index (χ1v) is 13.4. The molecule has 38 heavy (non-hydrogen) atoms. The number of nitrogens with one attached hydrogen (secondary N) is 2. The Bertz CT molecular complexity index is 1540. The molecule has 7 nitrogen and oxygen atoms in total. The third-order valence-corrected chi connectivity index (χ3v) is 9.13. The number of benzene rings is 3. The second kappa shape index (κ2) is 8.16. The van der Waals surface area contributed by atoms with E-state index >= 15 is 0 Å². The zero-order valence-corrected chi connectivity index (χ0v) is 21.5. The molecule has 192 valence electrons. The van der Waals surface area contributed by atoms with Crippen molar-refractivity contribution < 1.29 is 19.1 Å². The van der Waals surface area contributed by atoms with Crippen LogP contribution in [0.15, 0.2) is 66.7 Å². The fraction of sp³-hybridized carbons (Fsp3) is 0.300. The highest BCUT2D eigenvalue weighted by atomic mass is 35.5. The maximum absolute atomic E-state index is 14.8. The minimum Gasteiger partial charge on any atom is -0.493 e. The molecule has 0 aromatic heterocycles. The van der Waals surface area contributed by atoms with Crippen LogP contribution in [0.5, 0.6) is 5.75 Å². The molecule has 3 aromatic carbocycles. The molecule has 0 bridgehead atoms. The Morgan fingerprint density at radius 3 is 2.61 bits per heavy atom. The smallest absolute Gasteiger partial charge is 0.251 e. The Hall–Kier alpha value is -3.68. The van der Waals surface area contributed by atoms with Gasteiger partial charge in [0.15, 0.2) is 5.78 Å². The van der Waals surface area contributed by atoms with Crippen LogP contribution < -0.4 is 15.4 Å². The molecule has 2 N–H and O–H groups in total. The van der Waals surface area contributed by atoms with Gasteiger partial charge in [-0.05, 0) is 56.1 Å². The highest BCUT2D eigenvalue weighted by molar-refractivity contribution is 6.35. The first kappa shape index (κ1) is 23.4. The van der Waals surface area contributed by atoms with E-state index in [1.807, 2.05) is 43.3 Å². The van der Waals surface area contributed by atoms with Crippen LogP contribution in [0.4, 0.5) is 11.4 Å². The molecule has 0 radical (unpaired) electrons. The first-order chi connectivity index (χ1) is 18.5. The molecule has 4 aliphatic heterocycles. The van der Waals surface area contributed by atoms with Crippen LogP contribution >= 0.6 is 11.6 Å². The summed E-state index contributed by atoms with van der Waals surface area (Å²) in [7, 11) is 0. The van der Waals surface area contributed by atoms with Gasteiger partial charge in [-0.1, -0.05) is 54.1 Å². The van der Waals surface area contributed by atoms with Crippen molar-refractivity contribution in [3.63, 3.8) is 0 Å². The molecule has 3 aromatic rings. The molecular weight excluding hydrogens is 502 g/mol. The first-order valence-electron chi connectivity index (χ1n) is 13.0. The number of Topliss-reactive ketones (excluding diaryl/α,β-unsaturated/α-hetero) is 1. The summed E-state index contributed by atoms with van der Waals surface area (Å²) < 4.78 is 5.85. The van der Waals surface area contributed by atoms with Gasteiger partial charge in [0.1, 0.15) is 16.7 Å². The zero-order chi connectivity index (χ0) is 26.2. The van der Waals surface area contributed by atoms with Crippen LogP contribution in [0.2, 0.25) is 5.02 Å². The number of rotatable bonds is 4. The van der Waals surface area contributed by atoms with Crippen molar-refractivity contribution in [2.75, 3.05) is 23.8 Å². The SMILES string of the molecule is CCOc1ccccc1C(=O)[C@@H]1[C@H]2CCCN2[C@@]2(C(=O)Nc3c(Cl)cccc32)[C@]12C(=O)Nc1ccccc12. The maximum Gasteiger partial charge on any atom is 0.251 e. The predicted octanol–water partition coefficient (Wildman–Crippen LogP) is 4.75. The highest BCUT2D eigenvalue weighted by Crippen LogP contribution is 2.68. The lowest BCUT2D eigenvalue weighted by molar-refractivity contribution is -0.137. The van der Waals surface area contributed by atoms with Crippen molar-refractivity contribution in [3.05, 3.63) is 88.4 Å². The molecule has 4 atom stereocenters. The second-order valence-corrected chi connectivity index (χ2v) is 10.7. The zero-order valence-electron chi connectivity index (χ0n) is 20.8. The maximum atomic E-state index is 14.8. The number of hydrogen-bond donors (Lipinski definition) is 2. The number of hydrogen-bond acceptors (Lipinski definition) is 5. The molecule has 0 aliphatic carbocycles. The topological polar surface area (TPSA) is 87.7 Å². The van der Waals surface area contributed by atoms with Crippen molar-refractivity contribution in [1.29, 1.82) is 0 Å². The molecule has 2 fully saturated rings. The number of carbonyl (C=O) groups is 3. The molecule has 4 heterocycles. The fourth-order valence-electron chi connectivity index (χ4n) is 7.69. The van der Waals surface area contributed by atoms with Crippen LogP contribution in [0, 0.1) is 5.92 Å². The largest absolute Gasteiger partial charge is 0.493 e. The van der Waals surface area contributed by atoms with Crippen molar-refractivity contribution in [3.8, 4) is 5.75 Å². The van der Waals surface area contributed by atoms with Crippen LogP contribution in [-0.2, 0) is 20.5 Å². The van der Waals surface area contributed by atoms with Gasteiger partial charge in [0, 0.05) is 17.3 Å². The number of nitrogens with zero attached hydrogens (tertiary/aromatic N) is 1. The Kier molecular flexibility index (Phi) is 5.03. The number of ether oxygens (including phenoxy) is 1. The molecule has 2 spiro atoms. The lowest BCUT2D eigenvalue weighted by Gasteiger charge is -2.43. The average molecular weight is 528 g/mol. The minimum absolute atomic E-state index is 0.196. The average Bonchev–Trinajstić information content (AvgIpc) is 3.64. The Morgan fingerprint density at radius 2 is 1.76 bits per heavy atom. The van der Waals surface area contributed by atoms with Gasteiger partial charge in [-0.25, -0.2) is 0 Å². The molecule has 4 aliphatic rings. The van der Waals surface area contributed by atoms with Gasteiger partial charge in [-0.2, -0.15) is 0 Å². The third-order valence-electron chi connectivity index (χ3n) is 8.82. The van der Waals surface area contributed by atoms with E-state index in [0.717, 1.165) is 6.42 Å². The summed E-state index contributed by atoms with van der Waals surface area (Å²) in [6, 6.07) is 19.7. The van der Waals surface area contributed by atoms with Gasteiger partial charge < -0.3 is 15.4 Å². The number of para-hydroxylation sites is 3. The van der Waals surface area contributed by atoms with Gasteiger partial charge >= 0.3 is 0 Å². The van der Waals surface area contributed by atoms with Crippen molar-refractivity contribution in [2.24, 2.45) is 5.92 Å². The van der Waals surface area contributed by atoms with Crippen molar-refractivity contribution in [2.45, 2.75) is 36.8 Å². The summed E-state index contributed by atoms with van der Waals surface area (Å²) in [6.07, 6.45) is 1.50. The van der Waals surface area contributed by atoms with E-state index in [1.165, 1.54) is 0 Å². The predicted molar refractivity (Wildman–Crippen MR) is 144 cm³/mol. The highest BCUT2D eigenvalue weighted by Gasteiger charge is 2.81. The Morgan fingerprint density at radius 1 is 1.00 bits per heavy atom. The summed E-state index contributed by atoms with van der Waals surface area (Å²) in [6.45, 7) is 2.85. The number of ketones is 1. The summed E-state index contributed by atoms with van der Waals surface area (Å²) in [5.74, 6) is -1.22. The Balaban J connectivity index is 1.58. The lowest BCUT2D eigenvalue weighted by Crippen LogP contribution is -2.62. The standard InChI is InChI=1S/C30H26ClN3O4/c1-2-38-23-15-6-3-9-17(23)26(35)24-22-14-8-16-34(22)30(19-11-7-12-20(31)25(19)33-28(30)37)29(24)18-10-4-5-13-21(18)32-27(29)36/h3-7,9-13,15,22,24H,2,8,14,16H2,1H3,(H,32,36)(H,33,37)/t22-,24+,29+,30+/m1/s1. The quantitative estimate of drug-likeness (QED) is 0.478. The van der Waals surface area contributed by atoms with E-state index in [0.29, 0.717) is 58.4 Å². The number of amides is 2. The minimum atomic E-state index is -1.51. The van der Waals surface area contributed by atoms with E-state index in [2.05, 4.69) is 15.5 Å². The summed E-state index contributed by atoms with van der Waals surface area (Å²) in [4.78, 5) is 45.8. The molecule has 2 saturated heterocycles. The summed E-state index contributed by atoms with van der Waals surface area (Å²) in [5.41, 5.74) is -0.0976. The third kappa shape index (κ3) is 2.60. The number of halogens is 1. The lowest BCUT2D eigenvalue weighted by atomic mass is 9.57. The van der Waals surface area contributed by atoms with E-state index in [4.69, 9.17) is 16.3 Å². The normalized spacial score (nSPS) is 28.8. The second-order valence-electron chi connectivity index (χ2n) is 10.3. The molecular formula is C30H26ClN3O4. The van der Waals surface area contributed by atoms with Crippen LogP contribution in [0.1, 0.15) is 41.3 Å².